The Kier molecular flexibility index (Phi) is 19.3. The number of phenols is 2. The molecule has 5 heterocycles. The Morgan fingerprint density at radius 2 is 1.61 bits per heavy atom. The molecular formula is C63H81ClN6O11S. The average molecular weight is 1170 g/mol. The fourth-order valence-corrected chi connectivity index (χ4v) is 13.0. The molecule has 0 unspecified atom stereocenters. The predicted molar refractivity (Wildman–Crippen MR) is 320 cm³/mol. The topological polar surface area (TPSA) is 216 Å². The molecule has 5 N–H and O–H groups in total. The fourth-order valence-electron chi connectivity index (χ4n) is 11.8. The number of anilines is 3. The monoisotopic (exact) mass is 1160 g/mol. The van der Waals surface area contributed by atoms with Crippen LogP contribution in [0, 0.1) is 36.5 Å². The molecule has 0 saturated carbocycles. The largest absolute Gasteiger partial charge is 0.507 e. The zero-order valence-corrected chi connectivity index (χ0v) is 51.0. The number of Topliss-reactive ketones (excluding diaryl/α,β-unsaturated/α-hetero) is 1. The highest BCUT2D eigenvalue weighted by Crippen LogP contribution is 2.51. The number of aliphatic hydroxyl groups is 2. The minimum atomic E-state index is -1.96. The number of aromatic hydroxyl groups is 2. The zero-order chi connectivity index (χ0) is 59.7. The molecule has 1 amide bonds. The molecule has 5 aliphatic heterocycles. The summed E-state index contributed by atoms with van der Waals surface area (Å²) >= 11 is 8.03. The normalized spacial score (nSPS) is 27.7. The third-order valence-corrected chi connectivity index (χ3v) is 17.8. The van der Waals surface area contributed by atoms with E-state index in [1.807, 2.05) is 17.8 Å². The highest BCUT2D eigenvalue weighted by Gasteiger charge is 2.50. The van der Waals surface area contributed by atoms with E-state index < -0.39 is 82.9 Å². The molecule has 4 aromatic rings. The number of ether oxygens (including phenoxy) is 4. The number of para-hydroxylation sites is 1. The van der Waals surface area contributed by atoms with Crippen molar-refractivity contribution in [3.63, 3.8) is 0 Å². The van der Waals surface area contributed by atoms with Crippen molar-refractivity contribution >= 4 is 68.9 Å². The first kappa shape index (κ1) is 62.1. The molecule has 17 nitrogen and oxygen atoms in total. The van der Waals surface area contributed by atoms with Gasteiger partial charge >= 0.3 is 11.8 Å². The molecule has 0 aromatic heterocycles. The van der Waals surface area contributed by atoms with Gasteiger partial charge in [-0.15, -0.1) is 0 Å². The first-order chi connectivity index (χ1) is 38.8. The molecule has 0 aliphatic carbocycles. The summed E-state index contributed by atoms with van der Waals surface area (Å²) in [6.07, 6.45) is 6.16. The van der Waals surface area contributed by atoms with E-state index in [1.54, 1.807) is 65.8 Å². The Hall–Kier alpha value is -5.99. The number of phenolic OH excluding ortho intramolecular Hbond substituents is 2. The maximum atomic E-state index is 14.7. The number of halogens is 1. The lowest BCUT2D eigenvalue weighted by Gasteiger charge is -2.38. The highest BCUT2D eigenvalue weighted by molar-refractivity contribution is 7.99. The van der Waals surface area contributed by atoms with E-state index >= 15 is 0 Å². The van der Waals surface area contributed by atoms with Gasteiger partial charge < -0.3 is 59.4 Å². The number of piperidine rings is 1. The number of carbonyl (C=O) groups excluding carboxylic acids is 3. The Morgan fingerprint density at radius 3 is 2.28 bits per heavy atom. The number of likely N-dealkylation sites (tertiary alicyclic amines) is 1. The van der Waals surface area contributed by atoms with Crippen molar-refractivity contribution in [2.75, 3.05) is 64.1 Å². The Bertz CT molecular complexity index is 3310. The van der Waals surface area contributed by atoms with Crippen molar-refractivity contribution in [3.05, 3.63) is 105 Å². The molecule has 4 aromatic carbocycles. The molecule has 9 rings (SSSR count). The van der Waals surface area contributed by atoms with Gasteiger partial charge in [-0.2, -0.15) is 0 Å². The Labute approximate surface area is 490 Å². The van der Waals surface area contributed by atoms with Crippen LogP contribution in [0.1, 0.15) is 97.5 Å². The summed E-state index contributed by atoms with van der Waals surface area (Å²) in [7, 11) is 5.70. The third-order valence-electron chi connectivity index (χ3n) is 16.5. The number of hydrogen-bond donors (Lipinski definition) is 5. The van der Waals surface area contributed by atoms with E-state index in [2.05, 4.69) is 84.4 Å². The summed E-state index contributed by atoms with van der Waals surface area (Å²) in [6.45, 7) is 21.6. The van der Waals surface area contributed by atoms with Crippen molar-refractivity contribution in [1.29, 1.82) is 0 Å². The second-order valence-electron chi connectivity index (χ2n) is 23.4. The molecule has 9 atom stereocenters. The first-order valence-corrected chi connectivity index (χ1v) is 29.6. The number of allylic oxidation sites excluding steroid dienone is 2. The molecule has 1 fully saturated rings. The van der Waals surface area contributed by atoms with Gasteiger partial charge in [-0.3, -0.25) is 24.4 Å². The summed E-state index contributed by atoms with van der Waals surface area (Å²) in [5.74, 6) is -6.44. The maximum absolute atomic E-state index is 14.7. The van der Waals surface area contributed by atoms with Crippen LogP contribution in [0.2, 0.25) is 5.02 Å². The van der Waals surface area contributed by atoms with Crippen molar-refractivity contribution in [2.24, 2.45) is 39.6 Å². The van der Waals surface area contributed by atoms with Crippen molar-refractivity contribution in [3.8, 4) is 17.2 Å². The van der Waals surface area contributed by atoms with E-state index in [9.17, 15) is 34.8 Å². The number of aliphatic hydroxyl groups excluding tert-OH is 2. The summed E-state index contributed by atoms with van der Waals surface area (Å²) in [5, 5.41) is 51.0. The van der Waals surface area contributed by atoms with E-state index in [0.29, 0.717) is 31.8 Å². The summed E-state index contributed by atoms with van der Waals surface area (Å²) in [4.78, 5) is 60.9. The SMILES string of the molecule is CN(C)CCCN1c2ccccc2Sc2ccc(Cl)cc21.CO[C@H]1/C=C/O[C@@]2(C)Oc3c(C)c(O)c4c(O)c(c5c(c4c3C2=O)=NC2(CCN(CC(C)C)CC2)N=5)NC(=O)/C(C)=C\C=C\[C@H](C)[C@H](O)[C@@H](C)[C@@H](O)[C@@H](C)[C@H](OC(C)=O)[C@@H]1C. The summed E-state index contributed by atoms with van der Waals surface area (Å²) < 4.78 is 24.0. The number of esters is 1. The van der Waals surface area contributed by atoms with Gasteiger partial charge in [-0.25, -0.2) is 0 Å². The van der Waals surface area contributed by atoms with Gasteiger partial charge in [-0.1, -0.05) is 95.3 Å². The van der Waals surface area contributed by atoms with Crippen LogP contribution >= 0.6 is 23.4 Å². The van der Waals surface area contributed by atoms with Gasteiger partial charge in [0.15, 0.2) is 11.4 Å². The van der Waals surface area contributed by atoms with Gasteiger partial charge in [0.1, 0.15) is 28.6 Å². The quantitative estimate of drug-likeness (QED) is 0.0820. The van der Waals surface area contributed by atoms with Crippen LogP contribution in [-0.2, 0) is 23.8 Å². The first-order valence-electron chi connectivity index (χ1n) is 28.4. The van der Waals surface area contributed by atoms with Crippen LogP contribution in [-0.4, -0.2) is 138 Å². The van der Waals surface area contributed by atoms with Crippen molar-refractivity contribution in [2.45, 2.75) is 134 Å². The van der Waals surface area contributed by atoms with Crippen LogP contribution in [0.3, 0.4) is 0 Å². The number of hydrogen-bond acceptors (Lipinski definition) is 17. The fraction of sp³-hybridized carbons (Fsp3) is 0.508. The number of benzene rings is 4. The smallest absolute Gasteiger partial charge is 0.312 e. The number of nitrogens with zero attached hydrogens (tertiary/aromatic N) is 5. The van der Waals surface area contributed by atoms with E-state index in [4.69, 9.17) is 40.5 Å². The second-order valence-corrected chi connectivity index (χ2v) is 25.0. The Morgan fingerprint density at radius 1 is 0.927 bits per heavy atom. The van der Waals surface area contributed by atoms with E-state index in [1.165, 1.54) is 48.4 Å². The molecule has 5 aliphatic rings. The average Bonchev–Trinajstić information content (AvgIpc) is 1.75. The van der Waals surface area contributed by atoms with Crippen LogP contribution in [0.5, 0.6) is 17.2 Å². The van der Waals surface area contributed by atoms with Gasteiger partial charge in [-0.05, 0) is 83.2 Å². The zero-order valence-electron chi connectivity index (χ0n) is 49.5. The summed E-state index contributed by atoms with van der Waals surface area (Å²) in [5.41, 5.74) is 1.94. The van der Waals surface area contributed by atoms with E-state index in [0.717, 1.165) is 31.1 Å². The molecular weight excluding hydrogens is 1080 g/mol. The summed E-state index contributed by atoms with van der Waals surface area (Å²) in [6, 6.07) is 14.8. The lowest BCUT2D eigenvalue weighted by atomic mass is 9.78. The second kappa shape index (κ2) is 25.5. The van der Waals surface area contributed by atoms with Crippen molar-refractivity contribution in [1.82, 2.24) is 9.80 Å². The molecule has 1 saturated heterocycles. The van der Waals surface area contributed by atoms with Crippen LogP contribution in [0.25, 0.3) is 10.8 Å². The molecule has 82 heavy (non-hydrogen) atoms. The van der Waals surface area contributed by atoms with Crippen LogP contribution in [0.4, 0.5) is 17.1 Å². The van der Waals surface area contributed by atoms with Gasteiger partial charge in [0.2, 0.25) is 0 Å². The number of nitrogens with one attached hydrogen (secondary N) is 1. The number of fused-ring (bicyclic) bond motifs is 3. The molecule has 1 spiro atoms. The number of amides is 1. The minimum absolute atomic E-state index is 0.0364. The number of ketones is 1. The minimum Gasteiger partial charge on any atom is -0.507 e. The number of methoxy groups -OCH3 is 1. The standard InChI is InChI=1S/C46H62N4O11.C17H19ClN2S/c1-22(2)21-50-18-16-46(17-19-50)48-34-31-32-39(54)28(8)42-33(31)43(56)45(10,61-42)59-20-15-30(58-11)25(5)41(60-29(9)51)27(7)38(53)26(6)37(52)23(3)13-12-14-24(4)44(57)47-36(40(32)55)35(34)49-46;1-19(2)10-5-11-20-14-6-3-4-7-16(14)21-17-9-8-13(18)12-15(17)20/h12-15,20,22-23,25-27,30,37-38,41,52-55H,16-19,21H2,1-11H3,(H,47,57);3-4,6-9,12H,5,10-11H2,1-2H3/b13-12+,20-15+,24-14-;/t23-,25+,26+,27+,30-,37-,38+,41+,45-;/m0./s1. The number of carbonyl (C=O) groups is 3. The van der Waals surface area contributed by atoms with Crippen LogP contribution < -0.4 is 25.7 Å². The Balaban J connectivity index is 0.000000348. The highest BCUT2D eigenvalue weighted by atomic mass is 35.5. The lowest BCUT2D eigenvalue weighted by Crippen LogP contribution is -2.46. The predicted octanol–water partition coefficient (Wildman–Crippen LogP) is 9.64. The van der Waals surface area contributed by atoms with Gasteiger partial charge in [0, 0.05) is 115 Å². The molecule has 442 valence electrons. The molecule has 4 bridgehead atoms. The van der Waals surface area contributed by atoms with Crippen molar-refractivity contribution < 1.29 is 53.8 Å². The van der Waals surface area contributed by atoms with Gasteiger partial charge in [0.25, 0.3) is 11.7 Å². The van der Waals surface area contributed by atoms with Gasteiger partial charge in [0.05, 0.1) is 52.3 Å². The third kappa shape index (κ3) is 12.7. The van der Waals surface area contributed by atoms with E-state index in [-0.39, 0.29) is 55.4 Å². The lowest BCUT2D eigenvalue weighted by molar-refractivity contribution is -0.160. The number of rotatable bonds is 8. The maximum Gasteiger partial charge on any atom is 0.312 e. The van der Waals surface area contributed by atoms with Crippen LogP contribution in [0.15, 0.2) is 98.4 Å². The molecule has 0 radical (unpaired) electrons. The molecule has 19 heteroatoms.